The van der Waals surface area contributed by atoms with E-state index in [0.717, 1.165) is 0 Å². The topological polar surface area (TPSA) is 69.6 Å². The highest BCUT2D eigenvalue weighted by atomic mass is 16.3. The fourth-order valence-corrected chi connectivity index (χ4v) is 1.47. The minimum Gasteiger partial charge on any atom is -0.395 e. The molecule has 0 aliphatic heterocycles. The Morgan fingerprint density at radius 3 is 2.22 bits per heavy atom. The first-order chi connectivity index (χ1) is 8.20. The molecule has 106 valence electrons. The van der Waals surface area contributed by atoms with E-state index in [2.05, 4.69) is 5.32 Å². The Balaban J connectivity index is 4.13. The summed E-state index contributed by atoms with van der Waals surface area (Å²) in [5.74, 6) is -0.109. The average molecular weight is 258 g/mol. The molecular weight excluding hydrogens is 232 g/mol. The van der Waals surface area contributed by atoms with Crippen molar-refractivity contribution >= 4 is 11.8 Å². The zero-order valence-electron chi connectivity index (χ0n) is 12.1. The lowest BCUT2D eigenvalue weighted by Crippen LogP contribution is -2.42. The summed E-state index contributed by atoms with van der Waals surface area (Å²) < 4.78 is 0. The molecule has 2 amide bonds. The van der Waals surface area contributed by atoms with Crippen molar-refractivity contribution in [3.05, 3.63) is 0 Å². The van der Waals surface area contributed by atoms with Gasteiger partial charge in [-0.1, -0.05) is 20.8 Å². The molecule has 0 aromatic heterocycles. The molecular formula is C13H26N2O3. The summed E-state index contributed by atoms with van der Waals surface area (Å²) in [6.45, 7) is 9.93. The maximum absolute atomic E-state index is 11.9. The number of amides is 2. The summed E-state index contributed by atoms with van der Waals surface area (Å²) in [5, 5.41) is 11.6. The first-order valence-electron chi connectivity index (χ1n) is 6.38. The zero-order valence-corrected chi connectivity index (χ0v) is 12.1. The summed E-state index contributed by atoms with van der Waals surface area (Å²) in [7, 11) is 0. The summed E-state index contributed by atoms with van der Waals surface area (Å²) in [6.07, 6.45) is 0.264. The van der Waals surface area contributed by atoms with Crippen LogP contribution in [-0.2, 0) is 9.59 Å². The fraction of sp³-hybridized carbons (Fsp3) is 0.846. The third kappa shape index (κ3) is 6.00. The molecule has 0 aliphatic rings. The van der Waals surface area contributed by atoms with Gasteiger partial charge in [0, 0.05) is 31.0 Å². The van der Waals surface area contributed by atoms with E-state index in [0.29, 0.717) is 13.1 Å². The Morgan fingerprint density at radius 2 is 1.83 bits per heavy atom. The van der Waals surface area contributed by atoms with Crippen LogP contribution in [0, 0.1) is 5.41 Å². The van der Waals surface area contributed by atoms with Gasteiger partial charge in [0.15, 0.2) is 0 Å². The van der Waals surface area contributed by atoms with E-state index in [9.17, 15) is 9.59 Å². The van der Waals surface area contributed by atoms with Crippen molar-refractivity contribution in [3.8, 4) is 0 Å². The van der Waals surface area contributed by atoms with E-state index >= 15 is 0 Å². The van der Waals surface area contributed by atoms with Crippen molar-refractivity contribution in [2.75, 3.05) is 19.7 Å². The van der Waals surface area contributed by atoms with Crippen LogP contribution in [-0.4, -0.2) is 47.6 Å². The van der Waals surface area contributed by atoms with E-state index in [1.54, 1.807) is 4.90 Å². The molecule has 0 bridgehead atoms. The van der Waals surface area contributed by atoms with Crippen molar-refractivity contribution in [2.45, 2.75) is 47.1 Å². The summed E-state index contributed by atoms with van der Waals surface area (Å²) in [4.78, 5) is 25.1. The summed E-state index contributed by atoms with van der Waals surface area (Å²) >= 11 is 0. The number of hydrogen-bond acceptors (Lipinski definition) is 3. The number of aliphatic hydroxyl groups is 1. The van der Waals surface area contributed by atoms with Gasteiger partial charge in [-0.25, -0.2) is 0 Å². The molecule has 0 aromatic carbocycles. The van der Waals surface area contributed by atoms with Gasteiger partial charge >= 0.3 is 0 Å². The highest BCUT2D eigenvalue weighted by molar-refractivity contribution is 5.82. The SMILES string of the molecule is CC(C)N(CCO)C(=O)CCNC(=O)C(C)(C)C. The molecule has 0 fully saturated rings. The smallest absolute Gasteiger partial charge is 0.225 e. The Morgan fingerprint density at radius 1 is 1.28 bits per heavy atom. The fourth-order valence-electron chi connectivity index (χ4n) is 1.47. The minimum atomic E-state index is -0.439. The van der Waals surface area contributed by atoms with Gasteiger partial charge in [-0.05, 0) is 13.8 Å². The lowest BCUT2D eigenvalue weighted by molar-refractivity contribution is -0.133. The Bertz CT molecular complexity index is 282. The maximum Gasteiger partial charge on any atom is 0.225 e. The first kappa shape index (κ1) is 16.9. The second kappa shape index (κ2) is 7.36. The average Bonchev–Trinajstić information content (AvgIpc) is 2.23. The summed E-state index contributed by atoms with van der Waals surface area (Å²) in [6, 6.07) is 0.0583. The van der Waals surface area contributed by atoms with Crippen LogP contribution in [0.5, 0.6) is 0 Å². The molecule has 5 nitrogen and oxygen atoms in total. The van der Waals surface area contributed by atoms with Gasteiger partial charge in [0.05, 0.1) is 6.61 Å². The van der Waals surface area contributed by atoms with Crippen LogP contribution in [0.25, 0.3) is 0 Å². The van der Waals surface area contributed by atoms with Crippen LogP contribution in [0.15, 0.2) is 0 Å². The molecule has 0 atom stereocenters. The standard InChI is InChI=1S/C13H26N2O3/c1-10(2)15(8-9-16)11(17)6-7-14-12(18)13(3,4)5/h10,16H,6-9H2,1-5H3,(H,14,18). The van der Waals surface area contributed by atoms with Gasteiger partial charge in [-0.2, -0.15) is 0 Å². The lowest BCUT2D eigenvalue weighted by Gasteiger charge is -2.26. The molecule has 2 N–H and O–H groups in total. The van der Waals surface area contributed by atoms with Crippen molar-refractivity contribution < 1.29 is 14.7 Å². The van der Waals surface area contributed by atoms with Gasteiger partial charge in [0.2, 0.25) is 11.8 Å². The molecule has 0 rings (SSSR count). The third-order valence-corrected chi connectivity index (χ3v) is 2.59. The zero-order chi connectivity index (χ0) is 14.3. The largest absolute Gasteiger partial charge is 0.395 e. The van der Waals surface area contributed by atoms with E-state index in [-0.39, 0.29) is 30.9 Å². The van der Waals surface area contributed by atoms with Crippen molar-refractivity contribution in [1.29, 1.82) is 0 Å². The molecule has 0 saturated heterocycles. The summed E-state index contributed by atoms with van der Waals surface area (Å²) in [5.41, 5.74) is -0.439. The Hall–Kier alpha value is -1.10. The van der Waals surface area contributed by atoms with Gasteiger partial charge in [-0.3, -0.25) is 9.59 Å². The molecule has 0 heterocycles. The number of aliphatic hydroxyl groups excluding tert-OH is 1. The monoisotopic (exact) mass is 258 g/mol. The number of carbonyl (C=O) groups excluding carboxylic acids is 2. The highest BCUT2D eigenvalue weighted by Gasteiger charge is 2.21. The van der Waals surface area contributed by atoms with Crippen molar-refractivity contribution in [3.63, 3.8) is 0 Å². The van der Waals surface area contributed by atoms with E-state index < -0.39 is 5.41 Å². The number of nitrogens with one attached hydrogen (secondary N) is 1. The van der Waals surface area contributed by atoms with Gasteiger partial charge in [0.25, 0.3) is 0 Å². The van der Waals surface area contributed by atoms with Gasteiger partial charge in [-0.15, -0.1) is 0 Å². The van der Waals surface area contributed by atoms with Crippen LogP contribution in [0.3, 0.4) is 0 Å². The van der Waals surface area contributed by atoms with Crippen LogP contribution in [0.4, 0.5) is 0 Å². The van der Waals surface area contributed by atoms with Crippen LogP contribution < -0.4 is 5.32 Å². The lowest BCUT2D eigenvalue weighted by atomic mass is 9.96. The third-order valence-electron chi connectivity index (χ3n) is 2.59. The Kier molecular flexibility index (Phi) is 6.91. The molecule has 0 radical (unpaired) electrons. The minimum absolute atomic E-state index is 0.0434. The Labute approximate surface area is 110 Å². The highest BCUT2D eigenvalue weighted by Crippen LogP contribution is 2.12. The van der Waals surface area contributed by atoms with Crippen LogP contribution >= 0.6 is 0 Å². The van der Waals surface area contributed by atoms with Gasteiger partial charge in [0.1, 0.15) is 0 Å². The molecule has 5 heteroatoms. The van der Waals surface area contributed by atoms with E-state index in [4.69, 9.17) is 5.11 Å². The normalized spacial score (nSPS) is 11.5. The second-order valence-corrected chi connectivity index (χ2v) is 5.66. The second-order valence-electron chi connectivity index (χ2n) is 5.66. The maximum atomic E-state index is 11.9. The number of hydrogen-bond donors (Lipinski definition) is 2. The predicted molar refractivity (Wildman–Crippen MR) is 71.0 cm³/mol. The first-order valence-corrected chi connectivity index (χ1v) is 6.38. The molecule has 18 heavy (non-hydrogen) atoms. The molecule has 0 aliphatic carbocycles. The van der Waals surface area contributed by atoms with Crippen molar-refractivity contribution in [2.24, 2.45) is 5.41 Å². The predicted octanol–water partition coefficient (Wildman–Crippen LogP) is 0.768. The van der Waals surface area contributed by atoms with E-state index in [1.165, 1.54) is 0 Å². The molecule has 0 aromatic rings. The molecule has 0 spiro atoms. The molecule has 0 saturated carbocycles. The number of carbonyl (C=O) groups is 2. The van der Waals surface area contributed by atoms with E-state index in [1.807, 2.05) is 34.6 Å². The van der Waals surface area contributed by atoms with Gasteiger partial charge < -0.3 is 15.3 Å². The quantitative estimate of drug-likeness (QED) is 0.739. The van der Waals surface area contributed by atoms with Crippen LogP contribution in [0.1, 0.15) is 41.0 Å². The molecule has 0 unspecified atom stereocenters. The van der Waals surface area contributed by atoms with Crippen LogP contribution in [0.2, 0.25) is 0 Å². The number of rotatable bonds is 6. The van der Waals surface area contributed by atoms with Crippen molar-refractivity contribution in [1.82, 2.24) is 10.2 Å². The number of nitrogens with zero attached hydrogens (tertiary/aromatic N) is 1.